The Bertz CT molecular complexity index is 1130. The second-order valence-corrected chi connectivity index (χ2v) is 8.26. The lowest BCUT2D eigenvalue weighted by atomic mass is 10.2. The molecule has 0 spiro atoms. The molecule has 0 aliphatic carbocycles. The van der Waals surface area contributed by atoms with Crippen LogP contribution in [0, 0.1) is 0 Å². The van der Waals surface area contributed by atoms with Gasteiger partial charge in [0.1, 0.15) is 0 Å². The Morgan fingerprint density at radius 2 is 1.93 bits per heavy atom. The number of anilines is 3. The van der Waals surface area contributed by atoms with Crippen molar-refractivity contribution in [1.82, 2.24) is 9.97 Å². The highest BCUT2D eigenvalue weighted by molar-refractivity contribution is 7.14. The highest BCUT2D eigenvalue weighted by Crippen LogP contribution is 2.32. The van der Waals surface area contributed by atoms with Gasteiger partial charge >= 0.3 is 0 Å². The predicted octanol–water partition coefficient (Wildman–Crippen LogP) is 6.57. The monoisotopic (exact) mass is 446 g/mol. The van der Waals surface area contributed by atoms with Gasteiger partial charge in [-0.3, -0.25) is 10.1 Å². The fourth-order valence-corrected chi connectivity index (χ4v) is 4.23. The number of hydrogen-bond acceptors (Lipinski definition) is 6. The second-order valence-electron chi connectivity index (χ2n) is 5.66. The Morgan fingerprint density at radius 3 is 2.71 bits per heavy atom. The van der Waals surface area contributed by atoms with Crippen LogP contribution >= 0.6 is 45.9 Å². The molecule has 0 saturated heterocycles. The molecular formula is C19H12Cl2N4OS2. The van der Waals surface area contributed by atoms with Gasteiger partial charge in [-0.15, -0.1) is 22.7 Å². The third-order valence-corrected chi connectivity index (χ3v) is 5.73. The number of carbonyl (C=O) groups excluding carboxylic acids is 1. The summed E-state index contributed by atoms with van der Waals surface area (Å²) in [5.41, 5.74) is 2.75. The van der Waals surface area contributed by atoms with Crippen LogP contribution in [0.3, 0.4) is 0 Å². The van der Waals surface area contributed by atoms with Gasteiger partial charge in [0, 0.05) is 38.8 Å². The van der Waals surface area contributed by atoms with Crippen LogP contribution in [0.25, 0.3) is 11.3 Å². The normalized spacial score (nSPS) is 10.6. The fraction of sp³-hybridized carbons (Fsp3) is 0. The molecule has 2 N–H and O–H groups in total. The van der Waals surface area contributed by atoms with Crippen LogP contribution in [-0.2, 0) is 0 Å². The van der Waals surface area contributed by atoms with E-state index in [0.717, 1.165) is 16.4 Å². The molecule has 0 radical (unpaired) electrons. The minimum absolute atomic E-state index is 0.245. The van der Waals surface area contributed by atoms with Crippen LogP contribution in [0.2, 0.25) is 10.0 Å². The number of halogens is 2. The Kier molecular flexibility index (Phi) is 5.59. The van der Waals surface area contributed by atoms with Crippen LogP contribution in [0.15, 0.2) is 59.4 Å². The molecule has 2 aromatic heterocycles. The van der Waals surface area contributed by atoms with Crippen LogP contribution in [0.1, 0.15) is 10.4 Å². The second kappa shape index (κ2) is 8.28. The maximum atomic E-state index is 12.6. The number of rotatable bonds is 5. The van der Waals surface area contributed by atoms with E-state index >= 15 is 0 Å². The number of aromatic nitrogens is 2. The lowest BCUT2D eigenvalue weighted by Gasteiger charge is -2.06. The van der Waals surface area contributed by atoms with E-state index in [1.54, 1.807) is 36.5 Å². The first-order chi connectivity index (χ1) is 13.6. The zero-order valence-electron chi connectivity index (χ0n) is 14.1. The van der Waals surface area contributed by atoms with Crippen molar-refractivity contribution in [1.29, 1.82) is 0 Å². The summed E-state index contributed by atoms with van der Waals surface area (Å²) in [6.07, 6.45) is 1.72. The molecule has 2 aromatic carbocycles. The molecular weight excluding hydrogens is 435 g/mol. The lowest BCUT2D eigenvalue weighted by Crippen LogP contribution is -2.11. The minimum atomic E-state index is -0.245. The van der Waals surface area contributed by atoms with E-state index in [2.05, 4.69) is 20.6 Å². The molecule has 0 saturated carbocycles. The van der Waals surface area contributed by atoms with E-state index in [1.807, 2.05) is 22.9 Å². The summed E-state index contributed by atoms with van der Waals surface area (Å²) < 4.78 is 0. The van der Waals surface area contributed by atoms with Gasteiger partial charge in [0.15, 0.2) is 10.3 Å². The van der Waals surface area contributed by atoms with Crippen molar-refractivity contribution in [2.45, 2.75) is 0 Å². The van der Waals surface area contributed by atoms with E-state index in [1.165, 1.54) is 22.7 Å². The Labute approximate surface area is 179 Å². The molecule has 0 unspecified atom stereocenters. The summed E-state index contributed by atoms with van der Waals surface area (Å²) in [4.78, 5) is 21.2. The van der Waals surface area contributed by atoms with Gasteiger partial charge in [-0.2, -0.15) is 0 Å². The molecule has 4 rings (SSSR count). The fourth-order valence-electron chi connectivity index (χ4n) is 2.47. The third kappa shape index (κ3) is 4.34. The van der Waals surface area contributed by atoms with Gasteiger partial charge in [-0.25, -0.2) is 9.97 Å². The Hall–Kier alpha value is -2.45. The maximum Gasteiger partial charge on any atom is 0.257 e. The van der Waals surface area contributed by atoms with Crippen molar-refractivity contribution >= 4 is 67.7 Å². The van der Waals surface area contributed by atoms with Gasteiger partial charge in [0.25, 0.3) is 5.91 Å². The molecule has 0 bridgehead atoms. The SMILES string of the molecule is O=C(Nc1nc(-c2ccc(Cl)cc2Cl)cs1)c1cccc(Nc2nccs2)c1. The van der Waals surface area contributed by atoms with E-state index in [-0.39, 0.29) is 5.91 Å². The number of carbonyl (C=O) groups is 1. The molecule has 28 heavy (non-hydrogen) atoms. The maximum absolute atomic E-state index is 12.6. The third-order valence-electron chi connectivity index (χ3n) is 3.74. The highest BCUT2D eigenvalue weighted by Gasteiger charge is 2.12. The van der Waals surface area contributed by atoms with E-state index < -0.39 is 0 Å². The van der Waals surface area contributed by atoms with Crippen molar-refractivity contribution in [2.75, 3.05) is 10.6 Å². The van der Waals surface area contributed by atoms with Gasteiger partial charge in [0.05, 0.1) is 10.7 Å². The number of hydrogen-bond donors (Lipinski definition) is 2. The average Bonchev–Trinajstić information content (AvgIpc) is 3.34. The Balaban J connectivity index is 1.49. The Morgan fingerprint density at radius 1 is 1.04 bits per heavy atom. The summed E-state index contributed by atoms with van der Waals surface area (Å²) in [7, 11) is 0. The number of thiazole rings is 2. The highest BCUT2D eigenvalue weighted by atomic mass is 35.5. The molecule has 2 heterocycles. The molecule has 0 aliphatic heterocycles. The molecule has 140 valence electrons. The van der Waals surface area contributed by atoms with Crippen molar-refractivity contribution in [3.05, 3.63) is 75.0 Å². The average molecular weight is 447 g/mol. The van der Waals surface area contributed by atoms with Crippen LogP contribution in [0.4, 0.5) is 16.0 Å². The van der Waals surface area contributed by atoms with Gasteiger partial charge in [-0.05, 0) is 36.4 Å². The van der Waals surface area contributed by atoms with Gasteiger partial charge < -0.3 is 5.32 Å². The standard InChI is InChI=1S/C19H12Cl2N4OS2/c20-12-4-5-14(15(21)9-12)16-10-28-19(24-16)25-17(26)11-2-1-3-13(8-11)23-18-22-6-7-27-18/h1-10H,(H,22,23)(H,24,25,26). The first kappa shape index (κ1) is 18.9. The number of amides is 1. The summed E-state index contributed by atoms with van der Waals surface area (Å²) in [5.74, 6) is -0.245. The van der Waals surface area contributed by atoms with E-state index in [9.17, 15) is 4.79 Å². The smallest absolute Gasteiger partial charge is 0.257 e. The summed E-state index contributed by atoms with van der Waals surface area (Å²) in [6.45, 7) is 0. The molecule has 9 heteroatoms. The van der Waals surface area contributed by atoms with E-state index in [4.69, 9.17) is 23.2 Å². The first-order valence-corrected chi connectivity index (χ1v) is 10.6. The molecule has 0 aliphatic rings. The topological polar surface area (TPSA) is 66.9 Å². The predicted molar refractivity (Wildman–Crippen MR) is 117 cm³/mol. The van der Waals surface area contributed by atoms with Gasteiger partial charge in [0.2, 0.25) is 0 Å². The quantitative estimate of drug-likeness (QED) is 0.363. The summed E-state index contributed by atoms with van der Waals surface area (Å²) in [5, 5.41) is 12.0. The largest absolute Gasteiger partial charge is 0.332 e. The van der Waals surface area contributed by atoms with Crippen LogP contribution < -0.4 is 10.6 Å². The molecule has 5 nitrogen and oxygen atoms in total. The lowest BCUT2D eigenvalue weighted by molar-refractivity contribution is 0.102. The summed E-state index contributed by atoms with van der Waals surface area (Å²) in [6, 6.07) is 12.4. The van der Waals surface area contributed by atoms with Crippen molar-refractivity contribution < 1.29 is 4.79 Å². The van der Waals surface area contributed by atoms with Crippen molar-refractivity contribution in [3.8, 4) is 11.3 Å². The van der Waals surface area contributed by atoms with Crippen LogP contribution in [-0.4, -0.2) is 15.9 Å². The van der Waals surface area contributed by atoms with Crippen molar-refractivity contribution in [3.63, 3.8) is 0 Å². The molecule has 0 fully saturated rings. The minimum Gasteiger partial charge on any atom is -0.332 e. The number of nitrogens with zero attached hydrogens (tertiary/aromatic N) is 2. The van der Waals surface area contributed by atoms with Crippen molar-refractivity contribution in [2.24, 2.45) is 0 Å². The summed E-state index contributed by atoms with van der Waals surface area (Å²) >= 11 is 15.0. The first-order valence-electron chi connectivity index (χ1n) is 8.07. The number of benzene rings is 2. The van der Waals surface area contributed by atoms with Gasteiger partial charge in [-0.1, -0.05) is 29.3 Å². The van der Waals surface area contributed by atoms with Crippen LogP contribution in [0.5, 0.6) is 0 Å². The zero-order valence-corrected chi connectivity index (χ0v) is 17.3. The molecule has 1 amide bonds. The number of nitrogens with one attached hydrogen (secondary N) is 2. The molecule has 0 atom stereocenters. The zero-order chi connectivity index (χ0) is 19.5. The molecule has 4 aromatic rings. The van der Waals surface area contributed by atoms with E-state index in [0.29, 0.717) is 26.4 Å².